The third-order valence-corrected chi connectivity index (χ3v) is 7.41. The summed E-state index contributed by atoms with van der Waals surface area (Å²) in [7, 11) is 0. The van der Waals surface area contributed by atoms with Crippen molar-refractivity contribution in [1.29, 1.82) is 0 Å². The zero-order valence-electron chi connectivity index (χ0n) is 17.8. The number of amides is 2. The molecule has 1 aromatic carbocycles. The lowest BCUT2D eigenvalue weighted by atomic mass is 9.33. The maximum Gasteiger partial charge on any atom is 0.416 e. The van der Waals surface area contributed by atoms with Crippen LogP contribution in [-0.2, 0) is 22.3 Å². The molecule has 180 valence electrons. The van der Waals surface area contributed by atoms with Gasteiger partial charge in [0, 0.05) is 24.8 Å². The Balaban J connectivity index is 1.47. The fourth-order valence-electron chi connectivity index (χ4n) is 5.82. The number of alkyl halides is 3. The largest absolute Gasteiger partial charge is 0.416 e. The van der Waals surface area contributed by atoms with E-state index >= 15 is 0 Å². The fourth-order valence-corrected chi connectivity index (χ4v) is 5.97. The number of hydrogen-bond donors (Lipinski definition) is 1. The van der Waals surface area contributed by atoms with E-state index in [-0.39, 0.29) is 29.4 Å². The molecule has 1 aliphatic heterocycles. The van der Waals surface area contributed by atoms with Crippen LogP contribution >= 0.6 is 11.6 Å². The lowest BCUT2D eigenvalue weighted by Gasteiger charge is -2.73. The molecule has 6 nitrogen and oxygen atoms in total. The van der Waals surface area contributed by atoms with Gasteiger partial charge in [0.25, 0.3) is 5.91 Å². The van der Waals surface area contributed by atoms with E-state index in [9.17, 15) is 32.3 Å². The summed E-state index contributed by atoms with van der Waals surface area (Å²) in [6, 6.07) is 4.49. The summed E-state index contributed by atoms with van der Waals surface area (Å²) in [5, 5.41) is 9.70. The van der Waals surface area contributed by atoms with Crippen LogP contribution in [0.1, 0.15) is 30.4 Å². The van der Waals surface area contributed by atoms with Gasteiger partial charge in [0.05, 0.1) is 10.6 Å². The van der Waals surface area contributed by atoms with E-state index in [1.165, 1.54) is 23.2 Å². The van der Waals surface area contributed by atoms with E-state index in [2.05, 4.69) is 4.98 Å². The minimum Gasteiger partial charge on any atom is -0.396 e. The van der Waals surface area contributed by atoms with Crippen LogP contribution in [0.5, 0.6) is 0 Å². The number of nitrogens with zero attached hydrogens (tertiary/aromatic N) is 3. The van der Waals surface area contributed by atoms with Crippen molar-refractivity contribution in [1.82, 2.24) is 9.88 Å². The smallest absolute Gasteiger partial charge is 0.396 e. The number of benzene rings is 1. The Morgan fingerprint density at radius 2 is 1.79 bits per heavy atom. The predicted octanol–water partition coefficient (Wildman–Crippen LogP) is 3.80. The number of aliphatic hydroxyl groups is 1. The number of anilines is 1. The molecule has 1 N–H and O–H groups in total. The number of hydrogen-bond acceptors (Lipinski definition) is 4. The van der Waals surface area contributed by atoms with Gasteiger partial charge in [-0.2, -0.15) is 13.2 Å². The molecule has 0 radical (unpaired) electrons. The van der Waals surface area contributed by atoms with Gasteiger partial charge in [-0.1, -0.05) is 23.7 Å². The molecule has 2 heterocycles. The summed E-state index contributed by atoms with van der Waals surface area (Å²) in [5.41, 5.74) is -1.21. The van der Waals surface area contributed by atoms with E-state index in [4.69, 9.17) is 11.6 Å². The number of halogens is 5. The lowest BCUT2D eigenvalue weighted by molar-refractivity contribution is -0.252. The molecule has 3 saturated carbocycles. The van der Waals surface area contributed by atoms with Crippen molar-refractivity contribution < 1.29 is 32.3 Å². The molecule has 0 spiro atoms. The Hall–Kier alpha value is -2.72. The van der Waals surface area contributed by atoms with Crippen LogP contribution in [0.15, 0.2) is 36.5 Å². The number of rotatable bonds is 5. The molecule has 34 heavy (non-hydrogen) atoms. The van der Waals surface area contributed by atoms with Gasteiger partial charge in [0.15, 0.2) is 11.6 Å². The molecule has 1 unspecified atom stereocenters. The van der Waals surface area contributed by atoms with Gasteiger partial charge in [-0.15, -0.1) is 0 Å². The van der Waals surface area contributed by atoms with E-state index in [1.807, 2.05) is 0 Å². The first-order chi connectivity index (χ1) is 16.0. The molecule has 1 saturated heterocycles. The molecule has 1 atom stereocenters. The standard InChI is InChI=1S/C23H20ClF4N3O3/c24-15-5-16(25)19(29-6-15)31-8-17(33)30(7-13-1-3-14(4-2-13)23(26,27)28)18(20(31)34)22-9-21(10-22,11-22)12-32/h1-6,18,32H,7-12H2. The van der Waals surface area contributed by atoms with Crippen molar-refractivity contribution in [3.63, 3.8) is 0 Å². The average molecular weight is 498 g/mol. The Morgan fingerprint density at radius 3 is 2.35 bits per heavy atom. The average Bonchev–Trinajstić information content (AvgIpc) is 2.71. The summed E-state index contributed by atoms with van der Waals surface area (Å²) in [4.78, 5) is 33.1. The van der Waals surface area contributed by atoms with Gasteiger partial charge >= 0.3 is 6.18 Å². The third kappa shape index (κ3) is 3.54. The van der Waals surface area contributed by atoms with E-state index in [0.717, 1.165) is 23.1 Å². The van der Waals surface area contributed by atoms with Crippen LogP contribution in [0.2, 0.25) is 5.02 Å². The SMILES string of the molecule is O=C1C(C23CC(CO)(C2)C3)N(Cc2ccc(C(F)(F)F)cc2)C(=O)CN1c1ncc(Cl)cc1F. The first kappa shape index (κ1) is 23.0. The number of pyridine rings is 1. The van der Waals surface area contributed by atoms with Crippen LogP contribution < -0.4 is 4.90 Å². The summed E-state index contributed by atoms with van der Waals surface area (Å²) >= 11 is 5.77. The molecule has 2 amide bonds. The first-order valence-electron chi connectivity index (χ1n) is 10.7. The minimum atomic E-state index is -4.49. The maximum atomic E-state index is 14.6. The summed E-state index contributed by atoms with van der Waals surface area (Å²) < 4.78 is 53.3. The number of aromatic nitrogens is 1. The van der Waals surface area contributed by atoms with Crippen molar-refractivity contribution >= 4 is 29.2 Å². The highest BCUT2D eigenvalue weighted by Crippen LogP contribution is 2.75. The molecule has 2 bridgehead atoms. The Bertz CT molecular complexity index is 1150. The van der Waals surface area contributed by atoms with Gasteiger partial charge in [-0.3, -0.25) is 14.5 Å². The summed E-state index contributed by atoms with van der Waals surface area (Å²) in [5.74, 6) is -2.12. The van der Waals surface area contributed by atoms with Crippen LogP contribution in [0.3, 0.4) is 0 Å². The van der Waals surface area contributed by atoms with E-state index in [1.54, 1.807) is 0 Å². The van der Waals surface area contributed by atoms with Crippen molar-refractivity contribution in [3.8, 4) is 0 Å². The highest BCUT2D eigenvalue weighted by atomic mass is 35.5. The Morgan fingerprint density at radius 1 is 1.15 bits per heavy atom. The lowest BCUT2D eigenvalue weighted by Crippen LogP contribution is -2.76. The van der Waals surface area contributed by atoms with Gasteiger partial charge in [-0.25, -0.2) is 9.37 Å². The fraction of sp³-hybridized carbons (Fsp3) is 0.435. The molecular formula is C23H20ClF4N3O3. The van der Waals surface area contributed by atoms with Gasteiger partial charge in [0.1, 0.15) is 12.6 Å². The van der Waals surface area contributed by atoms with Crippen molar-refractivity contribution in [3.05, 3.63) is 58.5 Å². The monoisotopic (exact) mass is 497 g/mol. The van der Waals surface area contributed by atoms with E-state index < -0.39 is 47.4 Å². The van der Waals surface area contributed by atoms with Gasteiger partial charge in [-0.05, 0) is 48.4 Å². The molecule has 4 fully saturated rings. The zero-order valence-corrected chi connectivity index (χ0v) is 18.5. The van der Waals surface area contributed by atoms with Gasteiger partial charge < -0.3 is 10.0 Å². The number of carbonyl (C=O) groups excluding carboxylic acids is 2. The normalized spacial score (nSPS) is 28.6. The molecule has 6 rings (SSSR count). The van der Waals surface area contributed by atoms with Crippen LogP contribution in [0.25, 0.3) is 0 Å². The molecule has 1 aromatic heterocycles. The maximum absolute atomic E-state index is 14.6. The first-order valence-corrected chi connectivity index (χ1v) is 11.0. The molecule has 2 aromatic rings. The second-order valence-corrected chi connectivity index (χ2v) is 9.99. The topological polar surface area (TPSA) is 73.7 Å². The summed E-state index contributed by atoms with van der Waals surface area (Å²) in [6.45, 7) is -0.548. The van der Waals surface area contributed by atoms with Gasteiger partial charge in [0.2, 0.25) is 5.91 Å². The number of carbonyl (C=O) groups is 2. The van der Waals surface area contributed by atoms with Crippen molar-refractivity contribution in [2.24, 2.45) is 10.8 Å². The van der Waals surface area contributed by atoms with Crippen LogP contribution in [0, 0.1) is 16.6 Å². The van der Waals surface area contributed by atoms with Crippen LogP contribution in [-0.4, -0.2) is 46.0 Å². The molecular weight excluding hydrogens is 478 g/mol. The van der Waals surface area contributed by atoms with Crippen molar-refractivity contribution in [2.45, 2.75) is 38.0 Å². The molecule has 3 aliphatic carbocycles. The Kier molecular flexibility index (Phi) is 5.18. The second kappa shape index (κ2) is 7.64. The molecule has 11 heteroatoms. The zero-order chi connectivity index (χ0) is 24.5. The van der Waals surface area contributed by atoms with Crippen molar-refractivity contribution in [2.75, 3.05) is 18.1 Å². The predicted molar refractivity (Wildman–Crippen MR) is 113 cm³/mol. The highest BCUT2D eigenvalue weighted by Gasteiger charge is 2.73. The van der Waals surface area contributed by atoms with E-state index in [0.29, 0.717) is 24.8 Å². The second-order valence-electron chi connectivity index (χ2n) is 9.55. The third-order valence-electron chi connectivity index (χ3n) is 7.20. The number of piperazine rings is 1. The quantitative estimate of drug-likeness (QED) is 0.638. The molecule has 4 aliphatic rings. The van der Waals surface area contributed by atoms with Crippen LogP contribution in [0.4, 0.5) is 23.4 Å². The highest BCUT2D eigenvalue weighted by molar-refractivity contribution is 6.30. The summed E-state index contributed by atoms with van der Waals surface area (Å²) in [6.07, 6.45) is -1.70. The Labute approximate surface area is 197 Å². The minimum absolute atomic E-state index is 0.0282. The number of aliphatic hydroxyl groups excluding tert-OH is 1.